The quantitative estimate of drug-likeness (QED) is 0.374. The van der Waals surface area contributed by atoms with Gasteiger partial charge in [-0.25, -0.2) is 4.98 Å². The van der Waals surface area contributed by atoms with Gasteiger partial charge in [0.2, 0.25) is 0 Å². The van der Waals surface area contributed by atoms with Crippen molar-refractivity contribution in [1.82, 2.24) is 9.55 Å². The lowest BCUT2D eigenvalue weighted by Gasteiger charge is -2.08. The molecule has 3 N–H and O–H groups in total. The highest BCUT2D eigenvalue weighted by atomic mass is 16.4. The van der Waals surface area contributed by atoms with E-state index in [1.807, 2.05) is 35.0 Å². The summed E-state index contributed by atoms with van der Waals surface area (Å²) in [6, 6.07) is 7.52. The molecule has 0 saturated heterocycles. The summed E-state index contributed by atoms with van der Waals surface area (Å²) < 4.78 is 1.99. The minimum atomic E-state index is 0.525. The summed E-state index contributed by atoms with van der Waals surface area (Å²) in [6.07, 6.45) is 5.15. The van der Waals surface area contributed by atoms with Crippen LogP contribution in [-0.2, 0) is 13.0 Å². The average Bonchev–Trinajstić information content (AvgIpc) is 2.87. The molecule has 0 aliphatic rings. The average molecular weight is 258 g/mol. The Labute approximate surface area is 112 Å². The van der Waals surface area contributed by atoms with E-state index in [0.717, 1.165) is 24.2 Å². The molecule has 5 heteroatoms. The van der Waals surface area contributed by atoms with Crippen molar-refractivity contribution in [3.8, 4) is 0 Å². The molecule has 0 bridgehead atoms. The Morgan fingerprint density at radius 1 is 1.37 bits per heavy atom. The lowest BCUT2D eigenvalue weighted by molar-refractivity contribution is 0.317. The van der Waals surface area contributed by atoms with E-state index in [0.29, 0.717) is 18.0 Å². The smallest absolute Gasteiger partial charge is 0.158 e. The Morgan fingerprint density at radius 3 is 2.74 bits per heavy atom. The first kappa shape index (κ1) is 13.1. The fraction of sp³-hybridized carbons (Fsp3) is 0.286. The molecular weight excluding hydrogens is 240 g/mol. The number of nitrogens with two attached hydrogens (primary N) is 1. The number of hydrogen-bond donors (Lipinski definition) is 2. The molecule has 2 aromatic rings. The van der Waals surface area contributed by atoms with Crippen molar-refractivity contribution in [3.05, 3.63) is 48.0 Å². The fourth-order valence-electron chi connectivity index (χ4n) is 1.98. The zero-order chi connectivity index (χ0) is 13.7. The zero-order valence-corrected chi connectivity index (χ0v) is 11.0. The molecule has 0 spiro atoms. The monoisotopic (exact) mass is 258 g/mol. The Morgan fingerprint density at radius 2 is 2.11 bits per heavy atom. The predicted octanol–water partition coefficient (Wildman–Crippen LogP) is 2.30. The normalized spacial score (nSPS) is 11.7. The maximum atomic E-state index is 9.22. The minimum Gasteiger partial charge on any atom is -0.411 e. The fourth-order valence-corrected chi connectivity index (χ4v) is 1.98. The number of imidazole rings is 1. The SMILES string of the molecule is CCCn1ccnc1/C(Cc1ccc(N)cc1)=N\O. The number of aryl methyl sites for hydroxylation is 1. The van der Waals surface area contributed by atoms with Gasteiger partial charge in [-0.1, -0.05) is 24.2 Å². The van der Waals surface area contributed by atoms with Crippen LogP contribution in [0.2, 0.25) is 0 Å². The number of rotatable bonds is 5. The molecule has 0 aliphatic heterocycles. The van der Waals surface area contributed by atoms with Gasteiger partial charge in [-0.2, -0.15) is 0 Å². The van der Waals surface area contributed by atoms with Crippen molar-refractivity contribution in [2.45, 2.75) is 26.3 Å². The first-order chi connectivity index (χ1) is 9.24. The molecule has 0 saturated carbocycles. The summed E-state index contributed by atoms with van der Waals surface area (Å²) in [5.41, 5.74) is 7.97. The summed E-state index contributed by atoms with van der Waals surface area (Å²) >= 11 is 0. The van der Waals surface area contributed by atoms with E-state index in [-0.39, 0.29) is 0 Å². The molecular formula is C14H18N4O. The van der Waals surface area contributed by atoms with Gasteiger partial charge in [-0.15, -0.1) is 0 Å². The van der Waals surface area contributed by atoms with Gasteiger partial charge < -0.3 is 15.5 Å². The third-order valence-corrected chi connectivity index (χ3v) is 2.91. The van der Waals surface area contributed by atoms with Gasteiger partial charge in [0, 0.05) is 31.0 Å². The second-order valence-electron chi connectivity index (χ2n) is 4.41. The number of oxime groups is 1. The molecule has 19 heavy (non-hydrogen) atoms. The number of hydrogen-bond acceptors (Lipinski definition) is 4. The highest BCUT2D eigenvalue weighted by Crippen LogP contribution is 2.10. The first-order valence-corrected chi connectivity index (χ1v) is 6.31. The molecule has 1 aromatic carbocycles. The molecule has 0 aliphatic carbocycles. The Hall–Kier alpha value is -2.30. The van der Waals surface area contributed by atoms with Crippen molar-refractivity contribution in [3.63, 3.8) is 0 Å². The van der Waals surface area contributed by atoms with Gasteiger partial charge >= 0.3 is 0 Å². The highest BCUT2D eigenvalue weighted by Gasteiger charge is 2.12. The molecule has 0 fully saturated rings. The third-order valence-electron chi connectivity index (χ3n) is 2.91. The number of nitrogens with zero attached hydrogens (tertiary/aromatic N) is 3. The van der Waals surface area contributed by atoms with Crippen LogP contribution in [0.3, 0.4) is 0 Å². The van der Waals surface area contributed by atoms with E-state index in [1.165, 1.54) is 0 Å². The minimum absolute atomic E-state index is 0.525. The van der Waals surface area contributed by atoms with Crippen molar-refractivity contribution in [2.24, 2.45) is 5.16 Å². The third kappa shape index (κ3) is 3.13. The number of nitrogen functional groups attached to an aromatic ring is 1. The van der Waals surface area contributed by atoms with Crippen LogP contribution in [0, 0.1) is 0 Å². The van der Waals surface area contributed by atoms with Crippen LogP contribution in [-0.4, -0.2) is 20.5 Å². The van der Waals surface area contributed by atoms with E-state index in [2.05, 4.69) is 17.1 Å². The lowest BCUT2D eigenvalue weighted by Crippen LogP contribution is -2.13. The molecule has 0 atom stereocenters. The maximum absolute atomic E-state index is 9.22. The van der Waals surface area contributed by atoms with Crippen LogP contribution in [0.4, 0.5) is 5.69 Å². The van der Waals surface area contributed by atoms with Crippen molar-refractivity contribution >= 4 is 11.4 Å². The van der Waals surface area contributed by atoms with Crippen LogP contribution in [0.5, 0.6) is 0 Å². The van der Waals surface area contributed by atoms with Gasteiger partial charge in [0.15, 0.2) is 5.82 Å². The molecule has 0 radical (unpaired) electrons. The molecule has 1 aromatic heterocycles. The summed E-state index contributed by atoms with van der Waals surface area (Å²) in [6.45, 7) is 2.95. The van der Waals surface area contributed by atoms with Crippen molar-refractivity contribution in [1.29, 1.82) is 0 Å². The molecule has 100 valence electrons. The molecule has 0 unspecified atom stereocenters. The first-order valence-electron chi connectivity index (χ1n) is 6.31. The lowest BCUT2D eigenvalue weighted by atomic mass is 10.1. The van der Waals surface area contributed by atoms with E-state index in [9.17, 15) is 5.21 Å². The molecule has 0 amide bonds. The zero-order valence-electron chi connectivity index (χ0n) is 11.0. The molecule has 2 rings (SSSR count). The highest BCUT2D eigenvalue weighted by molar-refractivity contribution is 5.98. The van der Waals surface area contributed by atoms with Crippen LogP contribution in [0.1, 0.15) is 24.7 Å². The second-order valence-corrected chi connectivity index (χ2v) is 4.41. The van der Waals surface area contributed by atoms with Gasteiger partial charge in [-0.05, 0) is 24.1 Å². The van der Waals surface area contributed by atoms with Gasteiger partial charge in [0.05, 0.1) is 0 Å². The summed E-state index contributed by atoms with van der Waals surface area (Å²) in [4.78, 5) is 4.27. The van der Waals surface area contributed by atoms with Crippen LogP contribution < -0.4 is 5.73 Å². The van der Waals surface area contributed by atoms with E-state index in [4.69, 9.17) is 5.73 Å². The number of anilines is 1. The summed E-state index contributed by atoms with van der Waals surface area (Å²) in [5.74, 6) is 0.709. The van der Waals surface area contributed by atoms with Gasteiger partial charge in [0.1, 0.15) is 5.71 Å². The predicted molar refractivity (Wildman–Crippen MR) is 75.4 cm³/mol. The van der Waals surface area contributed by atoms with Crippen LogP contribution in [0.25, 0.3) is 0 Å². The summed E-state index contributed by atoms with van der Waals surface area (Å²) in [7, 11) is 0. The van der Waals surface area contributed by atoms with Gasteiger partial charge in [-0.3, -0.25) is 0 Å². The summed E-state index contributed by atoms with van der Waals surface area (Å²) in [5, 5.41) is 12.6. The van der Waals surface area contributed by atoms with E-state index in [1.54, 1.807) is 6.20 Å². The van der Waals surface area contributed by atoms with Crippen LogP contribution >= 0.6 is 0 Å². The van der Waals surface area contributed by atoms with Crippen molar-refractivity contribution < 1.29 is 5.21 Å². The Balaban J connectivity index is 2.21. The Bertz CT molecular complexity index is 557. The topological polar surface area (TPSA) is 76.4 Å². The van der Waals surface area contributed by atoms with Crippen LogP contribution in [0.15, 0.2) is 41.8 Å². The second kappa shape index (κ2) is 6.04. The van der Waals surface area contributed by atoms with Gasteiger partial charge in [0.25, 0.3) is 0 Å². The number of benzene rings is 1. The van der Waals surface area contributed by atoms with E-state index < -0.39 is 0 Å². The van der Waals surface area contributed by atoms with Crippen molar-refractivity contribution in [2.75, 3.05) is 5.73 Å². The molecule has 1 heterocycles. The largest absolute Gasteiger partial charge is 0.411 e. The Kier molecular flexibility index (Phi) is 4.18. The molecule has 5 nitrogen and oxygen atoms in total. The maximum Gasteiger partial charge on any atom is 0.158 e. The number of aromatic nitrogens is 2. The van der Waals surface area contributed by atoms with E-state index >= 15 is 0 Å². The standard InChI is InChI=1S/C14H18N4O/c1-2-8-18-9-7-16-14(18)13(17-19)10-11-3-5-12(15)6-4-11/h3-7,9,19H,2,8,10,15H2,1H3/b17-13-.